The number of rotatable bonds is 4. The molecule has 0 aromatic carbocycles. The third kappa shape index (κ3) is 3.87. The molecule has 1 saturated heterocycles. The number of hydrogen-bond donors (Lipinski definition) is 1. The summed E-state index contributed by atoms with van der Waals surface area (Å²) in [5.74, 6) is 1.90. The van der Waals surface area contributed by atoms with E-state index in [1.165, 1.54) is 38.5 Å². The van der Waals surface area contributed by atoms with E-state index in [2.05, 4.69) is 22.3 Å². The van der Waals surface area contributed by atoms with Crippen LogP contribution in [0, 0.1) is 5.92 Å². The van der Waals surface area contributed by atoms with E-state index >= 15 is 0 Å². The van der Waals surface area contributed by atoms with Gasteiger partial charge in [0.15, 0.2) is 5.96 Å². The summed E-state index contributed by atoms with van der Waals surface area (Å²) < 4.78 is 5.40. The fraction of sp³-hybridized carbons (Fsp3) is 0.929. The van der Waals surface area contributed by atoms with Gasteiger partial charge in [0.05, 0.1) is 0 Å². The number of guanidine groups is 1. The van der Waals surface area contributed by atoms with Gasteiger partial charge >= 0.3 is 0 Å². The Hall–Kier alpha value is -0.770. The summed E-state index contributed by atoms with van der Waals surface area (Å²) in [6, 6.07) is 0.661. The molecule has 104 valence electrons. The second-order valence-electron chi connectivity index (χ2n) is 5.59. The lowest BCUT2D eigenvalue weighted by molar-refractivity contribution is 0.0625. The molecule has 0 unspecified atom stereocenters. The lowest BCUT2D eigenvalue weighted by Gasteiger charge is -2.32. The van der Waals surface area contributed by atoms with Crippen molar-refractivity contribution < 1.29 is 4.74 Å². The summed E-state index contributed by atoms with van der Waals surface area (Å²) in [6.07, 6.45) is 7.66. The summed E-state index contributed by atoms with van der Waals surface area (Å²) in [6.45, 7) is 2.99. The van der Waals surface area contributed by atoms with Crippen molar-refractivity contribution in [2.75, 3.05) is 33.9 Å². The van der Waals surface area contributed by atoms with E-state index in [-0.39, 0.29) is 0 Å². The normalized spacial score (nSPS) is 22.7. The van der Waals surface area contributed by atoms with Gasteiger partial charge < -0.3 is 15.0 Å². The van der Waals surface area contributed by atoms with E-state index in [1.807, 2.05) is 7.05 Å². The maximum atomic E-state index is 5.40. The van der Waals surface area contributed by atoms with Crippen LogP contribution >= 0.6 is 0 Å². The highest BCUT2D eigenvalue weighted by Crippen LogP contribution is 2.20. The zero-order valence-corrected chi connectivity index (χ0v) is 11.8. The topological polar surface area (TPSA) is 36.9 Å². The molecule has 1 heterocycles. The van der Waals surface area contributed by atoms with Gasteiger partial charge in [-0.25, -0.2) is 0 Å². The molecule has 0 aromatic rings. The molecule has 4 heteroatoms. The average Bonchev–Trinajstić information content (AvgIpc) is 2.36. The molecule has 0 radical (unpaired) electrons. The van der Waals surface area contributed by atoms with Crippen molar-refractivity contribution in [2.24, 2.45) is 10.9 Å². The lowest BCUT2D eigenvalue weighted by Crippen LogP contribution is -2.47. The molecular weight excluding hydrogens is 226 g/mol. The van der Waals surface area contributed by atoms with E-state index in [0.717, 1.165) is 31.6 Å². The number of hydrogen-bond acceptors (Lipinski definition) is 2. The van der Waals surface area contributed by atoms with Crippen molar-refractivity contribution in [3.63, 3.8) is 0 Å². The first kappa shape index (κ1) is 13.7. The van der Waals surface area contributed by atoms with Gasteiger partial charge in [0.2, 0.25) is 0 Å². The summed E-state index contributed by atoms with van der Waals surface area (Å²) in [4.78, 5) is 6.65. The standard InChI is InChI=1S/C14H27N3O/c1-15-14(16-13-4-3-5-13)17(2)9-6-12-7-10-18-11-8-12/h12-13H,3-11H2,1-2H3,(H,15,16). The van der Waals surface area contributed by atoms with E-state index in [1.54, 1.807) is 0 Å². The zero-order valence-electron chi connectivity index (χ0n) is 11.8. The van der Waals surface area contributed by atoms with Crippen LogP contribution in [0.5, 0.6) is 0 Å². The van der Waals surface area contributed by atoms with Crippen molar-refractivity contribution in [2.45, 2.75) is 44.6 Å². The van der Waals surface area contributed by atoms with E-state index in [4.69, 9.17) is 4.74 Å². The van der Waals surface area contributed by atoms with E-state index in [9.17, 15) is 0 Å². The molecule has 4 nitrogen and oxygen atoms in total. The van der Waals surface area contributed by atoms with Crippen LogP contribution in [0.3, 0.4) is 0 Å². The first-order valence-corrected chi connectivity index (χ1v) is 7.32. The van der Waals surface area contributed by atoms with Gasteiger partial charge in [-0.05, 0) is 44.4 Å². The van der Waals surface area contributed by atoms with Crippen molar-refractivity contribution in [1.82, 2.24) is 10.2 Å². The van der Waals surface area contributed by atoms with Crippen molar-refractivity contribution in [3.05, 3.63) is 0 Å². The Balaban J connectivity index is 1.69. The Morgan fingerprint density at radius 1 is 1.28 bits per heavy atom. The molecule has 0 spiro atoms. The maximum Gasteiger partial charge on any atom is 0.193 e. The Labute approximate surface area is 111 Å². The highest BCUT2D eigenvalue weighted by atomic mass is 16.5. The van der Waals surface area contributed by atoms with Gasteiger partial charge in [0, 0.05) is 39.9 Å². The molecule has 0 bridgehead atoms. The summed E-state index contributed by atoms with van der Waals surface area (Å²) in [7, 11) is 4.03. The highest BCUT2D eigenvalue weighted by Gasteiger charge is 2.20. The largest absolute Gasteiger partial charge is 0.381 e. The number of nitrogens with one attached hydrogen (secondary N) is 1. The van der Waals surface area contributed by atoms with Crippen LogP contribution < -0.4 is 5.32 Å². The van der Waals surface area contributed by atoms with Gasteiger partial charge in [-0.15, -0.1) is 0 Å². The summed E-state index contributed by atoms with van der Waals surface area (Å²) >= 11 is 0. The third-order valence-electron chi connectivity index (χ3n) is 4.23. The van der Waals surface area contributed by atoms with E-state index < -0.39 is 0 Å². The smallest absolute Gasteiger partial charge is 0.193 e. The van der Waals surface area contributed by atoms with Gasteiger partial charge in [0.1, 0.15) is 0 Å². The number of nitrogens with zero attached hydrogens (tertiary/aromatic N) is 2. The van der Waals surface area contributed by atoms with Gasteiger partial charge in [-0.1, -0.05) is 0 Å². The predicted octanol–water partition coefficient (Wildman–Crippen LogP) is 1.86. The molecule has 0 aromatic heterocycles. The Morgan fingerprint density at radius 2 is 2.00 bits per heavy atom. The number of ether oxygens (including phenoxy) is 1. The molecule has 2 rings (SSSR count). The van der Waals surface area contributed by atoms with Crippen molar-refractivity contribution in [1.29, 1.82) is 0 Å². The quantitative estimate of drug-likeness (QED) is 0.614. The first-order chi connectivity index (χ1) is 8.79. The molecule has 1 aliphatic carbocycles. The first-order valence-electron chi connectivity index (χ1n) is 7.32. The minimum Gasteiger partial charge on any atom is -0.381 e. The summed E-state index contributed by atoms with van der Waals surface area (Å²) in [5.41, 5.74) is 0. The van der Waals surface area contributed by atoms with Crippen LogP contribution in [0.1, 0.15) is 38.5 Å². The fourth-order valence-corrected chi connectivity index (χ4v) is 2.60. The van der Waals surface area contributed by atoms with Crippen LogP contribution in [0.15, 0.2) is 4.99 Å². The van der Waals surface area contributed by atoms with Crippen LogP contribution in [0.25, 0.3) is 0 Å². The van der Waals surface area contributed by atoms with Crippen LogP contribution in [0.4, 0.5) is 0 Å². The van der Waals surface area contributed by atoms with Gasteiger partial charge in [-0.3, -0.25) is 4.99 Å². The lowest BCUT2D eigenvalue weighted by atomic mass is 9.93. The Kier molecular flexibility index (Phi) is 5.29. The second kappa shape index (κ2) is 6.98. The second-order valence-corrected chi connectivity index (χ2v) is 5.59. The van der Waals surface area contributed by atoms with Crippen LogP contribution in [0.2, 0.25) is 0 Å². The fourth-order valence-electron chi connectivity index (χ4n) is 2.60. The molecule has 0 amide bonds. The molecule has 1 saturated carbocycles. The molecule has 1 N–H and O–H groups in total. The predicted molar refractivity (Wildman–Crippen MR) is 74.9 cm³/mol. The van der Waals surface area contributed by atoms with Crippen molar-refractivity contribution >= 4 is 5.96 Å². The van der Waals surface area contributed by atoms with Gasteiger partial charge in [-0.2, -0.15) is 0 Å². The Bertz CT molecular complexity index is 270. The van der Waals surface area contributed by atoms with Crippen LogP contribution in [-0.2, 0) is 4.74 Å². The molecule has 0 atom stereocenters. The average molecular weight is 253 g/mol. The molecular formula is C14H27N3O. The summed E-state index contributed by atoms with van der Waals surface area (Å²) in [5, 5.41) is 3.54. The Morgan fingerprint density at radius 3 is 2.56 bits per heavy atom. The molecule has 2 aliphatic rings. The van der Waals surface area contributed by atoms with Crippen molar-refractivity contribution in [3.8, 4) is 0 Å². The zero-order chi connectivity index (χ0) is 12.8. The minimum atomic E-state index is 0.661. The SMILES string of the molecule is CN=C(NC1CCC1)N(C)CCC1CCOCC1. The molecule has 2 fully saturated rings. The van der Waals surface area contributed by atoms with Crippen LogP contribution in [-0.4, -0.2) is 50.8 Å². The maximum absolute atomic E-state index is 5.40. The molecule has 1 aliphatic heterocycles. The monoisotopic (exact) mass is 253 g/mol. The number of aliphatic imine (C=N–C) groups is 1. The van der Waals surface area contributed by atoms with Gasteiger partial charge in [0.25, 0.3) is 0 Å². The molecule has 18 heavy (non-hydrogen) atoms. The third-order valence-corrected chi connectivity index (χ3v) is 4.23. The van der Waals surface area contributed by atoms with E-state index in [0.29, 0.717) is 6.04 Å². The minimum absolute atomic E-state index is 0.661. The highest BCUT2D eigenvalue weighted by molar-refractivity contribution is 5.79.